The Kier molecular flexibility index (Phi) is 9.80. The van der Waals surface area contributed by atoms with E-state index in [0.29, 0.717) is 0 Å². The van der Waals surface area contributed by atoms with E-state index in [1.165, 1.54) is 82.7 Å². The first-order chi connectivity index (χ1) is 32.4. The fraction of sp³-hybridized carbons (Fsp3) is 0.312. The van der Waals surface area contributed by atoms with Crippen LogP contribution in [0.1, 0.15) is 132 Å². The van der Waals surface area contributed by atoms with Crippen LogP contribution in [0.5, 0.6) is 0 Å². The van der Waals surface area contributed by atoms with E-state index >= 15 is 0 Å². The number of furan rings is 1. The number of fused-ring (bicyclic) bond motifs is 9. The Bertz CT molecular complexity index is 3460. The van der Waals surface area contributed by atoms with Crippen molar-refractivity contribution >= 4 is 79.2 Å². The van der Waals surface area contributed by atoms with Crippen molar-refractivity contribution in [2.24, 2.45) is 0 Å². The summed E-state index contributed by atoms with van der Waals surface area (Å²) in [7, 11) is 0. The zero-order valence-electron chi connectivity index (χ0n) is 43.6. The average Bonchev–Trinajstić information content (AvgIpc) is 3.83. The molecule has 0 bridgehead atoms. The Morgan fingerprint density at radius 1 is 0.464 bits per heavy atom. The number of anilines is 5. The van der Waals surface area contributed by atoms with Crippen LogP contribution >= 0.6 is 0 Å². The maximum absolute atomic E-state index is 7.64. The number of para-hydroxylation sites is 2. The molecule has 0 saturated heterocycles. The number of rotatable bonds is 4. The van der Waals surface area contributed by atoms with Crippen LogP contribution in [0.4, 0.5) is 28.6 Å². The highest BCUT2D eigenvalue weighted by molar-refractivity contribution is 6.93. The molecule has 2 aliphatic rings. The first-order valence-electron chi connectivity index (χ1n) is 25.1. The first-order valence-corrected chi connectivity index (χ1v) is 25.1. The fourth-order valence-electron chi connectivity index (χ4n) is 11.1. The standard InChI is InChI=1S/C64H68BN3O/c1-60(2,3)39-26-28-45(29-27-39)68-59-55(50-34-40(61(4,5)6)35-51(58(50)69-59)64(13,14)15)49-33-42(63(10,11)12)37-54-56(49)65(68)52-36-41(62(7,8)9)32-48-47-38-46(30-31-53(47)67(54)57(48)52)66(43-22-18-16-19-23-43)44-24-20-17-21-25-44/h16-38H,1-15H3. The average molecular weight is 906 g/mol. The molecular weight excluding hydrogens is 838 g/mol. The Hall–Kier alpha value is -6.46. The van der Waals surface area contributed by atoms with Crippen LogP contribution in [0.25, 0.3) is 49.6 Å². The van der Waals surface area contributed by atoms with Crippen molar-refractivity contribution in [3.8, 4) is 16.8 Å². The maximum Gasteiger partial charge on any atom is 0.336 e. The summed E-state index contributed by atoms with van der Waals surface area (Å²) in [6.07, 6.45) is 0. The molecule has 2 aromatic heterocycles. The molecule has 0 spiro atoms. The SMILES string of the molecule is CC(C)(C)c1ccc(N2B3c4c(cc(C(C)(C)C)cc4-n4c5ccc(N(c6ccccc6)c6ccccc6)cc5c5cc(C(C)(C)C)cc3c54)-c3c2oc2c(C(C)(C)C)cc(C(C)(C)C)cc32)cc1. The van der Waals surface area contributed by atoms with Crippen LogP contribution in [-0.4, -0.2) is 11.4 Å². The van der Waals surface area contributed by atoms with Crippen molar-refractivity contribution in [3.63, 3.8) is 0 Å². The van der Waals surface area contributed by atoms with E-state index in [-0.39, 0.29) is 33.9 Å². The molecule has 69 heavy (non-hydrogen) atoms. The van der Waals surface area contributed by atoms with Gasteiger partial charge in [-0.2, -0.15) is 0 Å². The van der Waals surface area contributed by atoms with Gasteiger partial charge in [0.1, 0.15) is 5.58 Å². The summed E-state index contributed by atoms with van der Waals surface area (Å²) in [5, 5.41) is 3.70. The lowest BCUT2D eigenvalue weighted by Gasteiger charge is -2.41. The number of aromatic nitrogens is 1. The minimum atomic E-state index is -0.177. The molecule has 4 heterocycles. The molecule has 9 aromatic rings. The van der Waals surface area contributed by atoms with Crippen LogP contribution in [-0.2, 0) is 27.1 Å². The summed E-state index contributed by atoms with van der Waals surface area (Å²) >= 11 is 0. The van der Waals surface area contributed by atoms with Gasteiger partial charge in [-0.15, -0.1) is 0 Å². The van der Waals surface area contributed by atoms with Crippen molar-refractivity contribution in [1.82, 2.24) is 4.57 Å². The predicted molar refractivity (Wildman–Crippen MR) is 298 cm³/mol. The van der Waals surface area contributed by atoms with E-state index in [1.807, 2.05) is 0 Å². The topological polar surface area (TPSA) is 24.6 Å². The van der Waals surface area contributed by atoms with Gasteiger partial charge in [0, 0.05) is 50.2 Å². The second kappa shape index (κ2) is 15.0. The Morgan fingerprint density at radius 3 is 1.58 bits per heavy atom. The summed E-state index contributed by atoms with van der Waals surface area (Å²) < 4.78 is 10.3. The minimum Gasteiger partial charge on any atom is -0.440 e. The molecule has 0 unspecified atom stereocenters. The molecule has 0 atom stereocenters. The molecular formula is C64H68BN3O. The third-order valence-electron chi connectivity index (χ3n) is 15.1. The predicted octanol–water partition coefficient (Wildman–Crippen LogP) is 16.7. The summed E-state index contributed by atoms with van der Waals surface area (Å²) in [4.78, 5) is 4.97. The monoisotopic (exact) mass is 906 g/mol. The summed E-state index contributed by atoms with van der Waals surface area (Å²) in [5.74, 6) is 0.919. The molecule has 348 valence electrons. The van der Waals surface area contributed by atoms with Crippen LogP contribution in [0.3, 0.4) is 0 Å². The minimum absolute atomic E-state index is 0.00742. The van der Waals surface area contributed by atoms with Crippen molar-refractivity contribution in [2.75, 3.05) is 9.71 Å². The fourth-order valence-corrected chi connectivity index (χ4v) is 11.1. The Morgan fingerprint density at radius 2 is 1.01 bits per heavy atom. The van der Waals surface area contributed by atoms with E-state index in [4.69, 9.17) is 4.42 Å². The molecule has 0 radical (unpaired) electrons. The van der Waals surface area contributed by atoms with Crippen molar-refractivity contribution < 1.29 is 4.42 Å². The van der Waals surface area contributed by atoms with Gasteiger partial charge in [-0.25, -0.2) is 0 Å². The Labute approximate surface area is 411 Å². The van der Waals surface area contributed by atoms with E-state index in [9.17, 15) is 0 Å². The van der Waals surface area contributed by atoms with Crippen LogP contribution in [0, 0.1) is 0 Å². The van der Waals surface area contributed by atoms with Gasteiger partial charge in [0.05, 0.1) is 16.6 Å². The van der Waals surface area contributed by atoms with E-state index in [0.717, 1.165) is 34.2 Å². The van der Waals surface area contributed by atoms with E-state index in [2.05, 4.69) is 258 Å². The zero-order chi connectivity index (χ0) is 48.9. The van der Waals surface area contributed by atoms with Crippen LogP contribution in [0.15, 0.2) is 144 Å². The third-order valence-corrected chi connectivity index (χ3v) is 15.1. The molecule has 0 aliphatic carbocycles. The molecule has 4 nitrogen and oxygen atoms in total. The lowest BCUT2D eigenvalue weighted by atomic mass is 9.43. The number of nitrogens with zero attached hydrogens (tertiary/aromatic N) is 3. The van der Waals surface area contributed by atoms with Crippen molar-refractivity contribution in [2.45, 2.75) is 131 Å². The smallest absolute Gasteiger partial charge is 0.336 e. The first kappa shape index (κ1) is 45.0. The molecule has 11 rings (SSSR count). The second-order valence-electron chi connectivity index (χ2n) is 25.2. The zero-order valence-corrected chi connectivity index (χ0v) is 43.6. The van der Waals surface area contributed by atoms with Gasteiger partial charge < -0.3 is 18.7 Å². The van der Waals surface area contributed by atoms with E-state index < -0.39 is 0 Å². The highest BCUT2D eigenvalue weighted by Gasteiger charge is 2.48. The number of hydrogen-bond donors (Lipinski definition) is 0. The lowest BCUT2D eigenvalue weighted by molar-refractivity contribution is 0.552. The van der Waals surface area contributed by atoms with Crippen LogP contribution < -0.4 is 20.6 Å². The van der Waals surface area contributed by atoms with Gasteiger partial charge >= 0.3 is 6.85 Å². The van der Waals surface area contributed by atoms with Crippen LogP contribution in [0.2, 0.25) is 0 Å². The van der Waals surface area contributed by atoms with E-state index in [1.54, 1.807) is 0 Å². The van der Waals surface area contributed by atoms with Gasteiger partial charge in [-0.3, -0.25) is 0 Å². The summed E-state index contributed by atoms with van der Waals surface area (Å²) in [5.41, 5.74) is 20.3. The van der Waals surface area contributed by atoms with Crippen molar-refractivity contribution in [3.05, 3.63) is 167 Å². The van der Waals surface area contributed by atoms with Gasteiger partial charge in [-0.1, -0.05) is 171 Å². The third kappa shape index (κ3) is 7.16. The summed E-state index contributed by atoms with van der Waals surface area (Å²) in [6, 6.07) is 53.0. The molecule has 2 aliphatic heterocycles. The molecule has 0 saturated carbocycles. The molecule has 0 fully saturated rings. The molecule has 0 N–H and O–H groups in total. The number of hydrogen-bond acceptors (Lipinski definition) is 3. The second-order valence-corrected chi connectivity index (χ2v) is 25.2. The normalized spacial score (nSPS) is 14.0. The molecule has 0 amide bonds. The highest BCUT2D eigenvalue weighted by atomic mass is 16.4. The maximum atomic E-state index is 7.64. The molecule has 5 heteroatoms. The molecule has 7 aromatic carbocycles. The Balaban J connectivity index is 1.31. The van der Waals surface area contributed by atoms with Gasteiger partial charge in [-0.05, 0) is 139 Å². The summed E-state index contributed by atoms with van der Waals surface area (Å²) in [6.45, 7) is 34.9. The quantitative estimate of drug-likeness (QED) is 0.165. The van der Waals surface area contributed by atoms with Gasteiger partial charge in [0.25, 0.3) is 0 Å². The number of benzene rings is 7. The highest BCUT2D eigenvalue weighted by Crippen LogP contribution is 2.53. The van der Waals surface area contributed by atoms with Gasteiger partial charge in [0.2, 0.25) is 0 Å². The van der Waals surface area contributed by atoms with Gasteiger partial charge in [0.15, 0.2) is 5.88 Å². The largest absolute Gasteiger partial charge is 0.440 e. The van der Waals surface area contributed by atoms with Crippen molar-refractivity contribution in [1.29, 1.82) is 0 Å². The lowest BCUT2D eigenvalue weighted by Crippen LogP contribution is -2.60.